The first-order valence-corrected chi connectivity index (χ1v) is 17.6. The molecule has 1 saturated heterocycles. The van der Waals surface area contributed by atoms with Crippen LogP contribution in [-0.2, 0) is 28.5 Å². The summed E-state index contributed by atoms with van der Waals surface area (Å²) in [5.41, 5.74) is 0. The van der Waals surface area contributed by atoms with Gasteiger partial charge in [0.1, 0.15) is 31.0 Å². The molecule has 1 fully saturated rings. The van der Waals surface area contributed by atoms with E-state index in [0.29, 0.717) is 6.42 Å². The number of ether oxygens (including phenoxy) is 4. The molecule has 266 valence electrons. The highest BCUT2D eigenvalue weighted by molar-refractivity contribution is 5.70. The molecule has 46 heavy (non-hydrogen) atoms. The zero-order valence-corrected chi connectivity index (χ0v) is 28.3. The average molecular weight is 655 g/mol. The summed E-state index contributed by atoms with van der Waals surface area (Å²) in [6, 6.07) is 0. The number of hydrogen-bond acceptors (Lipinski definition) is 10. The van der Waals surface area contributed by atoms with Gasteiger partial charge in [-0.25, -0.2) is 0 Å². The summed E-state index contributed by atoms with van der Waals surface area (Å²) in [5, 5.41) is 39.7. The van der Waals surface area contributed by atoms with E-state index >= 15 is 0 Å². The number of allylic oxidation sites excluding steroid dienone is 6. The summed E-state index contributed by atoms with van der Waals surface area (Å²) >= 11 is 0. The lowest BCUT2D eigenvalue weighted by molar-refractivity contribution is -0.305. The molecule has 0 bridgehead atoms. The van der Waals surface area contributed by atoms with Crippen molar-refractivity contribution in [3.63, 3.8) is 0 Å². The van der Waals surface area contributed by atoms with E-state index in [1.807, 2.05) is 0 Å². The van der Waals surface area contributed by atoms with E-state index in [9.17, 15) is 30.0 Å². The van der Waals surface area contributed by atoms with Crippen molar-refractivity contribution in [1.82, 2.24) is 0 Å². The lowest BCUT2D eigenvalue weighted by Crippen LogP contribution is -2.59. The lowest BCUT2D eigenvalue weighted by atomic mass is 9.99. The maximum atomic E-state index is 12.6. The monoisotopic (exact) mass is 654 g/mol. The van der Waals surface area contributed by atoms with E-state index in [4.69, 9.17) is 18.9 Å². The van der Waals surface area contributed by atoms with Crippen LogP contribution < -0.4 is 0 Å². The normalized spacial score (nSPS) is 22.6. The van der Waals surface area contributed by atoms with Crippen LogP contribution in [0.25, 0.3) is 0 Å². The van der Waals surface area contributed by atoms with Crippen LogP contribution in [0.5, 0.6) is 0 Å². The summed E-state index contributed by atoms with van der Waals surface area (Å²) in [5.74, 6) is -0.842. The SMILES string of the molecule is CC/C=C/C/C=C\C/C=C\CCCCCCCC(=O)O[C@H](COC(=O)CCCCCCCC)CO[C@@H]1O[C@H](CO)[C@H](O)[C@H](O)[C@H]1O. The lowest BCUT2D eigenvalue weighted by Gasteiger charge is -2.39. The van der Waals surface area contributed by atoms with Crippen LogP contribution in [0, 0.1) is 0 Å². The maximum absolute atomic E-state index is 12.6. The van der Waals surface area contributed by atoms with Gasteiger partial charge >= 0.3 is 11.9 Å². The number of aliphatic hydroxyl groups excluding tert-OH is 4. The molecule has 0 spiro atoms. The Labute approximate surface area is 276 Å². The summed E-state index contributed by atoms with van der Waals surface area (Å²) < 4.78 is 21.9. The number of hydrogen-bond donors (Lipinski definition) is 4. The molecule has 0 saturated carbocycles. The first-order chi connectivity index (χ1) is 22.3. The first-order valence-electron chi connectivity index (χ1n) is 17.6. The Morgan fingerprint density at radius 1 is 0.696 bits per heavy atom. The largest absolute Gasteiger partial charge is 0.462 e. The molecule has 0 radical (unpaired) electrons. The summed E-state index contributed by atoms with van der Waals surface area (Å²) in [7, 11) is 0. The van der Waals surface area contributed by atoms with Crippen molar-refractivity contribution in [2.24, 2.45) is 0 Å². The van der Waals surface area contributed by atoms with Gasteiger partial charge in [-0.15, -0.1) is 0 Å². The second kappa shape index (κ2) is 28.0. The van der Waals surface area contributed by atoms with Gasteiger partial charge in [0, 0.05) is 12.8 Å². The third-order valence-corrected chi connectivity index (χ3v) is 7.79. The first kappa shape index (κ1) is 41.9. The van der Waals surface area contributed by atoms with Gasteiger partial charge in [0.05, 0.1) is 13.2 Å². The van der Waals surface area contributed by atoms with Crippen LogP contribution in [0.2, 0.25) is 0 Å². The Hall–Kier alpha value is -2.08. The van der Waals surface area contributed by atoms with E-state index in [1.54, 1.807) is 0 Å². The van der Waals surface area contributed by atoms with Crippen molar-refractivity contribution in [3.8, 4) is 0 Å². The van der Waals surface area contributed by atoms with Gasteiger partial charge in [-0.3, -0.25) is 9.59 Å². The molecule has 10 heteroatoms. The molecular formula is C36H62O10. The number of carbonyl (C=O) groups is 2. The van der Waals surface area contributed by atoms with Crippen molar-refractivity contribution in [2.75, 3.05) is 19.8 Å². The van der Waals surface area contributed by atoms with Crippen molar-refractivity contribution < 1.29 is 49.0 Å². The summed E-state index contributed by atoms with van der Waals surface area (Å²) in [6.07, 6.45) is 20.5. The summed E-state index contributed by atoms with van der Waals surface area (Å²) in [4.78, 5) is 24.9. The van der Waals surface area contributed by atoms with Gasteiger partial charge in [-0.2, -0.15) is 0 Å². The van der Waals surface area contributed by atoms with Gasteiger partial charge in [0.15, 0.2) is 12.4 Å². The molecule has 0 unspecified atom stereocenters. The topological polar surface area (TPSA) is 152 Å². The van der Waals surface area contributed by atoms with Gasteiger partial charge < -0.3 is 39.4 Å². The second-order valence-corrected chi connectivity index (χ2v) is 11.9. The fraction of sp³-hybridized carbons (Fsp3) is 0.778. The minimum Gasteiger partial charge on any atom is -0.462 e. The fourth-order valence-corrected chi connectivity index (χ4v) is 4.96. The van der Waals surface area contributed by atoms with Crippen molar-refractivity contribution in [2.45, 2.75) is 160 Å². The predicted octanol–water partition coefficient (Wildman–Crippen LogP) is 5.60. The molecule has 0 aromatic heterocycles. The number of esters is 2. The molecule has 10 nitrogen and oxygen atoms in total. The van der Waals surface area contributed by atoms with Gasteiger partial charge in [-0.05, 0) is 44.9 Å². The molecule has 1 heterocycles. The highest BCUT2D eigenvalue weighted by Crippen LogP contribution is 2.22. The Bertz CT molecular complexity index is 856. The average Bonchev–Trinajstić information content (AvgIpc) is 3.05. The predicted molar refractivity (Wildman–Crippen MR) is 178 cm³/mol. The van der Waals surface area contributed by atoms with Crippen LogP contribution in [0.1, 0.15) is 123 Å². The van der Waals surface area contributed by atoms with Crippen molar-refractivity contribution in [1.29, 1.82) is 0 Å². The standard InChI is InChI=1S/C36H62O10/c1-3-5-7-9-11-12-13-14-15-16-17-18-19-21-23-25-32(39)45-29(27-43-31(38)24-22-20-10-8-6-4-2)28-44-36-35(42)34(41)33(40)30(26-37)46-36/h5,7,11-12,14-15,29-30,33-37,40-42H,3-4,6,8-10,13,16-28H2,1-2H3/b7-5+,12-11-,15-14-/t29-,30-,33+,34+,35-,36-/m1/s1. The van der Waals surface area contributed by atoms with E-state index < -0.39 is 55.4 Å². The Morgan fingerprint density at radius 3 is 1.93 bits per heavy atom. The molecule has 0 amide bonds. The zero-order valence-electron chi connectivity index (χ0n) is 28.3. The Balaban J connectivity index is 2.42. The minimum absolute atomic E-state index is 0.210. The molecular weight excluding hydrogens is 592 g/mol. The van der Waals surface area contributed by atoms with Gasteiger partial charge in [0.25, 0.3) is 0 Å². The zero-order chi connectivity index (χ0) is 33.8. The van der Waals surface area contributed by atoms with Crippen molar-refractivity contribution in [3.05, 3.63) is 36.5 Å². The van der Waals surface area contributed by atoms with Crippen LogP contribution in [0.3, 0.4) is 0 Å². The third kappa shape index (κ3) is 20.2. The molecule has 1 rings (SSSR count). The molecule has 0 aromatic rings. The van der Waals surface area contributed by atoms with Gasteiger partial charge in [-0.1, -0.05) is 102 Å². The molecule has 0 aliphatic carbocycles. The van der Waals surface area contributed by atoms with E-state index in [0.717, 1.165) is 83.5 Å². The van der Waals surface area contributed by atoms with Crippen LogP contribution in [0.15, 0.2) is 36.5 Å². The number of unbranched alkanes of at least 4 members (excludes halogenated alkanes) is 10. The molecule has 4 N–H and O–H groups in total. The van der Waals surface area contributed by atoms with E-state index in [2.05, 4.69) is 50.3 Å². The highest BCUT2D eigenvalue weighted by atomic mass is 16.7. The van der Waals surface area contributed by atoms with Crippen molar-refractivity contribution >= 4 is 11.9 Å². The maximum Gasteiger partial charge on any atom is 0.306 e. The molecule has 1 aliphatic heterocycles. The molecule has 1 aliphatic rings. The Kier molecular flexibility index (Phi) is 25.5. The summed E-state index contributed by atoms with van der Waals surface area (Å²) in [6.45, 7) is 3.18. The van der Waals surface area contributed by atoms with Gasteiger partial charge in [0.2, 0.25) is 0 Å². The fourth-order valence-electron chi connectivity index (χ4n) is 4.96. The number of carbonyl (C=O) groups excluding carboxylic acids is 2. The quantitative estimate of drug-likeness (QED) is 0.0501. The van der Waals surface area contributed by atoms with E-state index in [-0.39, 0.29) is 26.1 Å². The second-order valence-electron chi connectivity index (χ2n) is 11.9. The van der Waals surface area contributed by atoms with Crippen LogP contribution in [0.4, 0.5) is 0 Å². The van der Waals surface area contributed by atoms with Crippen LogP contribution in [-0.4, -0.2) is 89.0 Å². The van der Waals surface area contributed by atoms with Crippen LogP contribution >= 0.6 is 0 Å². The molecule has 0 aromatic carbocycles. The highest BCUT2D eigenvalue weighted by Gasteiger charge is 2.44. The molecule has 6 atom stereocenters. The van der Waals surface area contributed by atoms with E-state index in [1.165, 1.54) is 6.42 Å². The third-order valence-electron chi connectivity index (χ3n) is 7.79. The Morgan fingerprint density at radius 2 is 1.28 bits per heavy atom. The number of rotatable bonds is 27. The smallest absolute Gasteiger partial charge is 0.306 e. The number of aliphatic hydroxyl groups is 4. The minimum atomic E-state index is -1.59.